The molecule has 0 unspecified atom stereocenters. The third-order valence-electron chi connectivity index (χ3n) is 4.05. The van der Waals surface area contributed by atoms with Crippen molar-refractivity contribution in [2.24, 2.45) is 5.41 Å². The average Bonchev–Trinajstić information content (AvgIpc) is 2.39. The largest absolute Gasteiger partial charge is 0.337 e. The van der Waals surface area contributed by atoms with Crippen molar-refractivity contribution in [2.45, 2.75) is 45.4 Å². The van der Waals surface area contributed by atoms with Crippen molar-refractivity contribution < 1.29 is 4.79 Å². The minimum Gasteiger partial charge on any atom is -0.337 e. The van der Waals surface area contributed by atoms with Crippen molar-refractivity contribution in [3.05, 3.63) is 11.6 Å². The Balaban J connectivity index is 2.10. The Kier molecular flexibility index (Phi) is 3.51. The van der Waals surface area contributed by atoms with Crippen LogP contribution in [-0.4, -0.2) is 23.9 Å². The second kappa shape index (κ2) is 4.91. The molecule has 0 spiro atoms. The molecule has 92 valence electrons. The first kappa shape index (κ1) is 12.2. The van der Waals surface area contributed by atoms with Gasteiger partial charge in [-0.1, -0.05) is 30.9 Å². The van der Waals surface area contributed by atoms with Crippen molar-refractivity contribution in [1.82, 2.24) is 4.90 Å². The van der Waals surface area contributed by atoms with Crippen LogP contribution in [0.5, 0.6) is 0 Å². The van der Waals surface area contributed by atoms with E-state index in [0.29, 0.717) is 6.54 Å². The molecular formula is C14H20N2O. The molecular weight excluding hydrogens is 212 g/mol. The zero-order valence-electron chi connectivity index (χ0n) is 10.5. The summed E-state index contributed by atoms with van der Waals surface area (Å²) < 4.78 is 0. The normalized spacial score (nSPS) is 23.8. The predicted octanol–water partition coefficient (Wildman–Crippen LogP) is 2.64. The summed E-state index contributed by atoms with van der Waals surface area (Å²) in [6.07, 6.45) is 7.76. The van der Waals surface area contributed by atoms with Crippen LogP contribution in [-0.2, 0) is 4.79 Å². The molecule has 1 fully saturated rings. The number of nitrogens with zero attached hydrogens (tertiary/aromatic N) is 2. The lowest BCUT2D eigenvalue weighted by Gasteiger charge is -2.36. The number of amides is 1. The molecule has 0 bridgehead atoms. The first-order valence-electron chi connectivity index (χ1n) is 6.54. The molecule has 3 heteroatoms. The van der Waals surface area contributed by atoms with E-state index in [1.807, 2.05) is 4.90 Å². The molecule has 2 aliphatic rings. The van der Waals surface area contributed by atoms with Gasteiger partial charge in [0.05, 0.1) is 6.07 Å². The lowest BCUT2D eigenvalue weighted by molar-refractivity contribution is -0.140. The van der Waals surface area contributed by atoms with E-state index in [0.717, 1.165) is 45.1 Å². The van der Waals surface area contributed by atoms with Gasteiger partial charge in [0.2, 0.25) is 5.91 Å². The molecule has 1 amide bonds. The molecule has 0 aromatic heterocycles. The molecule has 17 heavy (non-hydrogen) atoms. The van der Waals surface area contributed by atoms with Crippen LogP contribution in [0.25, 0.3) is 0 Å². The Morgan fingerprint density at radius 2 is 2.12 bits per heavy atom. The highest BCUT2D eigenvalue weighted by molar-refractivity contribution is 5.85. The zero-order valence-corrected chi connectivity index (χ0v) is 10.5. The summed E-state index contributed by atoms with van der Waals surface area (Å²) in [4.78, 5) is 14.3. The number of nitriles is 1. The van der Waals surface area contributed by atoms with E-state index in [9.17, 15) is 10.1 Å². The van der Waals surface area contributed by atoms with Gasteiger partial charge in [0, 0.05) is 13.1 Å². The van der Waals surface area contributed by atoms with E-state index in [4.69, 9.17) is 0 Å². The van der Waals surface area contributed by atoms with Gasteiger partial charge in [-0.2, -0.15) is 5.26 Å². The molecule has 0 aromatic rings. The fraction of sp³-hybridized carbons (Fsp3) is 0.714. The summed E-state index contributed by atoms with van der Waals surface area (Å²) >= 11 is 0. The van der Waals surface area contributed by atoms with Crippen LogP contribution < -0.4 is 0 Å². The number of hydrogen-bond donors (Lipinski definition) is 0. The molecule has 0 saturated heterocycles. The smallest absolute Gasteiger partial charge is 0.243 e. The second-order valence-corrected chi connectivity index (χ2v) is 5.31. The first-order valence-corrected chi connectivity index (χ1v) is 6.54. The minimum absolute atomic E-state index is 0.0726. The first-order chi connectivity index (χ1) is 8.18. The fourth-order valence-electron chi connectivity index (χ4n) is 2.79. The van der Waals surface area contributed by atoms with Crippen molar-refractivity contribution in [2.75, 3.05) is 13.1 Å². The van der Waals surface area contributed by atoms with Crippen LogP contribution in [0.3, 0.4) is 0 Å². The van der Waals surface area contributed by atoms with E-state index in [1.54, 1.807) is 0 Å². The Bertz CT molecular complexity index is 372. The Morgan fingerprint density at radius 3 is 2.65 bits per heavy atom. The quantitative estimate of drug-likeness (QED) is 0.652. The predicted molar refractivity (Wildman–Crippen MR) is 66.1 cm³/mol. The number of rotatable bonds is 1. The maximum atomic E-state index is 12.5. The minimum atomic E-state index is -0.711. The summed E-state index contributed by atoms with van der Waals surface area (Å²) in [6, 6.07) is 2.31. The van der Waals surface area contributed by atoms with Gasteiger partial charge in [0.1, 0.15) is 5.41 Å². The van der Waals surface area contributed by atoms with Crippen molar-refractivity contribution in [3.8, 4) is 6.07 Å². The molecule has 0 N–H and O–H groups in total. The highest BCUT2D eigenvalue weighted by Crippen LogP contribution is 2.37. The number of carbonyl (C=O) groups excluding carboxylic acids is 1. The highest BCUT2D eigenvalue weighted by Gasteiger charge is 2.42. The fourth-order valence-corrected chi connectivity index (χ4v) is 2.79. The zero-order chi connectivity index (χ0) is 12.3. The molecule has 1 saturated carbocycles. The Morgan fingerprint density at radius 1 is 1.41 bits per heavy atom. The van der Waals surface area contributed by atoms with Crippen LogP contribution in [0.15, 0.2) is 11.6 Å². The third-order valence-corrected chi connectivity index (χ3v) is 4.05. The molecule has 0 aromatic carbocycles. The van der Waals surface area contributed by atoms with E-state index in [1.165, 1.54) is 5.57 Å². The standard InChI is InChI=1S/C14H20N2O/c1-12-5-9-16(10-6-12)13(17)14(11-15)7-3-2-4-8-14/h5H,2-4,6-10H2,1H3. The van der Waals surface area contributed by atoms with Crippen molar-refractivity contribution >= 4 is 5.91 Å². The molecule has 1 heterocycles. The highest BCUT2D eigenvalue weighted by atomic mass is 16.2. The third kappa shape index (κ3) is 2.36. The summed E-state index contributed by atoms with van der Waals surface area (Å²) in [5, 5.41) is 9.38. The van der Waals surface area contributed by atoms with Crippen LogP contribution in [0.4, 0.5) is 0 Å². The van der Waals surface area contributed by atoms with Crippen molar-refractivity contribution in [3.63, 3.8) is 0 Å². The topological polar surface area (TPSA) is 44.1 Å². The maximum Gasteiger partial charge on any atom is 0.243 e. The SMILES string of the molecule is CC1=CCN(C(=O)C2(C#N)CCCCC2)CC1. The second-order valence-electron chi connectivity index (χ2n) is 5.31. The lowest BCUT2D eigenvalue weighted by Crippen LogP contribution is -2.46. The Hall–Kier alpha value is -1.30. The van der Waals surface area contributed by atoms with Crippen LogP contribution in [0.1, 0.15) is 45.4 Å². The van der Waals surface area contributed by atoms with Gasteiger partial charge < -0.3 is 4.90 Å². The van der Waals surface area contributed by atoms with E-state index in [-0.39, 0.29) is 5.91 Å². The van der Waals surface area contributed by atoms with E-state index >= 15 is 0 Å². The van der Waals surface area contributed by atoms with Gasteiger partial charge in [0.15, 0.2) is 0 Å². The monoisotopic (exact) mass is 232 g/mol. The van der Waals surface area contributed by atoms with Crippen LogP contribution in [0, 0.1) is 16.7 Å². The van der Waals surface area contributed by atoms with Crippen molar-refractivity contribution in [1.29, 1.82) is 5.26 Å². The summed E-state index contributed by atoms with van der Waals surface area (Å²) in [5.74, 6) is 0.0726. The lowest BCUT2D eigenvalue weighted by atomic mass is 9.74. The molecule has 0 atom stereocenters. The van der Waals surface area contributed by atoms with E-state index in [2.05, 4.69) is 19.1 Å². The number of hydrogen-bond acceptors (Lipinski definition) is 2. The summed E-state index contributed by atoms with van der Waals surface area (Å²) in [7, 11) is 0. The molecule has 1 aliphatic heterocycles. The molecule has 3 nitrogen and oxygen atoms in total. The average molecular weight is 232 g/mol. The number of carbonyl (C=O) groups is 1. The van der Waals surface area contributed by atoms with Crippen LogP contribution in [0.2, 0.25) is 0 Å². The molecule has 2 rings (SSSR count). The van der Waals surface area contributed by atoms with E-state index < -0.39 is 5.41 Å². The van der Waals surface area contributed by atoms with Gasteiger partial charge in [-0.05, 0) is 26.2 Å². The summed E-state index contributed by atoms with van der Waals surface area (Å²) in [6.45, 7) is 3.57. The van der Waals surface area contributed by atoms with Crippen LogP contribution >= 0.6 is 0 Å². The molecule has 0 radical (unpaired) electrons. The van der Waals surface area contributed by atoms with Gasteiger partial charge in [0.25, 0.3) is 0 Å². The van der Waals surface area contributed by atoms with Gasteiger partial charge in [-0.3, -0.25) is 4.79 Å². The Labute approximate surface area is 103 Å². The van der Waals surface area contributed by atoms with Gasteiger partial charge in [-0.15, -0.1) is 0 Å². The molecule has 1 aliphatic carbocycles. The van der Waals surface area contributed by atoms with Gasteiger partial charge in [-0.25, -0.2) is 0 Å². The van der Waals surface area contributed by atoms with Gasteiger partial charge >= 0.3 is 0 Å². The summed E-state index contributed by atoms with van der Waals surface area (Å²) in [5.41, 5.74) is 0.640. The maximum absolute atomic E-state index is 12.5.